The Balaban J connectivity index is 2.90. The van der Waals surface area contributed by atoms with Crippen molar-refractivity contribution in [3.8, 4) is 0 Å². The molecule has 1 unspecified atom stereocenters. The minimum atomic E-state index is -0.593. The third kappa shape index (κ3) is 1.81. The quantitative estimate of drug-likeness (QED) is 0.571. The summed E-state index contributed by atoms with van der Waals surface area (Å²) in [6, 6.07) is 0. The van der Waals surface area contributed by atoms with E-state index in [1.165, 1.54) is 11.8 Å². The molecule has 1 aromatic rings. The van der Waals surface area contributed by atoms with E-state index in [-0.39, 0.29) is 6.54 Å². The molecule has 13 heavy (non-hydrogen) atoms. The van der Waals surface area contributed by atoms with Crippen LogP contribution in [0.1, 0.15) is 11.7 Å². The van der Waals surface area contributed by atoms with Gasteiger partial charge in [-0.05, 0) is 10.4 Å². The van der Waals surface area contributed by atoms with Crippen molar-refractivity contribution in [3.05, 3.63) is 5.82 Å². The van der Waals surface area contributed by atoms with Crippen molar-refractivity contribution in [1.82, 2.24) is 20.2 Å². The molecule has 1 rings (SSSR count). The molecule has 0 saturated carbocycles. The normalized spacial score (nSPS) is 12.5. The molecule has 1 aromatic heterocycles. The third-order valence-corrected chi connectivity index (χ3v) is 1.69. The summed E-state index contributed by atoms with van der Waals surface area (Å²) in [5, 5.41) is 10.7. The predicted molar refractivity (Wildman–Crippen MR) is 42.6 cm³/mol. The number of ether oxygens (including phenoxy) is 1. The van der Waals surface area contributed by atoms with E-state index in [1.54, 1.807) is 7.05 Å². The van der Waals surface area contributed by atoms with Gasteiger partial charge in [-0.25, -0.2) is 4.68 Å². The van der Waals surface area contributed by atoms with Crippen molar-refractivity contribution in [1.29, 1.82) is 0 Å². The lowest BCUT2D eigenvalue weighted by Gasteiger charge is -2.09. The maximum absolute atomic E-state index is 11.2. The Labute approximate surface area is 74.9 Å². The van der Waals surface area contributed by atoms with Crippen LogP contribution in [0.5, 0.6) is 0 Å². The molecule has 0 saturated heterocycles. The van der Waals surface area contributed by atoms with Gasteiger partial charge in [0.1, 0.15) is 5.92 Å². The molecule has 1 atom stereocenters. The van der Waals surface area contributed by atoms with Crippen molar-refractivity contribution >= 4 is 5.97 Å². The minimum absolute atomic E-state index is 0.126. The number of nitrogens with two attached hydrogens (primary N) is 1. The van der Waals surface area contributed by atoms with Gasteiger partial charge >= 0.3 is 5.97 Å². The number of nitrogens with zero attached hydrogens (tertiary/aromatic N) is 4. The van der Waals surface area contributed by atoms with Crippen LogP contribution in [0.4, 0.5) is 0 Å². The van der Waals surface area contributed by atoms with Crippen LogP contribution >= 0.6 is 0 Å². The Morgan fingerprint density at radius 2 is 2.46 bits per heavy atom. The summed E-state index contributed by atoms with van der Waals surface area (Å²) in [5.74, 6) is -0.611. The first-order valence-corrected chi connectivity index (χ1v) is 3.70. The van der Waals surface area contributed by atoms with E-state index in [9.17, 15) is 4.79 Å². The molecule has 0 radical (unpaired) electrons. The second-order valence-corrected chi connectivity index (χ2v) is 2.47. The van der Waals surface area contributed by atoms with Gasteiger partial charge in [0.05, 0.1) is 7.11 Å². The zero-order valence-corrected chi connectivity index (χ0v) is 7.47. The van der Waals surface area contributed by atoms with Gasteiger partial charge in [-0.2, -0.15) is 0 Å². The van der Waals surface area contributed by atoms with Crippen molar-refractivity contribution in [3.63, 3.8) is 0 Å². The number of hydrogen-bond donors (Lipinski definition) is 1. The van der Waals surface area contributed by atoms with Gasteiger partial charge in [0.15, 0.2) is 5.82 Å². The minimum Gasteiger partial charge on any atom is -0.468 e. The van der Waals surface area contributed by atoms with Crippen molar-refractivity contribution in [2.75, 3.05) is 13.7 Å². The fourth-order valence-electron chi connectivity index (χ4n) is 0.981. The van der Waals surface area contributed by atoms with Gasteiger partial charge in [-0.15, -0.1) is 5.10 Å². The maximum atomic E-state index is 11.2. The number of rotatable bonds is 3. The van der Waals surface area contributed by atoms with Gasteiger partial charge in [-0.3, -0.25) is 4.79 Å². The molecule has 0 aliphatic rings. The van der Waals surface area contributed by atoms with Crippen molar-refractivity contribution < 1.29 is 9.53 Å². The lowest BCUT2D eigenvalue weighted by atomic mass is 10.1. The van der Waals surface area contributed by atoms with Gasteiger partial charge in [-0.1, -0.05) is 0 Å². The van der Waals surface area contributed by atoms with Crippen LogP contribution in [0, 0.1) is 0 Å². The van der Waals surface area contributed by atoms with E-state index in [0.29, 0.717) is 5.82 Å². The fraction of sp³-hybridized carbons (Fsp3) is 0.667. The number of aromatic nitrogens is 4. The van der Waals surface area contributed by atoms with Crippen molar-refractivity contribution in [2.45, 2.75) is 5.92 Å². The van der Waals surface area contributed by atoms with Crippen LogP contribution in [0.25, 0.3) is 0 Å². The molecule has 0 fully saturated rings. The van der Waals surface area contributed by atoms with E-state index in [0.717, 1.165) is 0 Å². The van der Waals surface area contributed by atoms with Crippen LogP contribution in [-0.4, -0.2) is 39.8 Å². The lowest BCUT2D eigenvalue weighted by Crippen LogP contribution is -2.25. The predicted octanol–water partition coefficient (Wildman–Crippen LogP) is -1.57. The Morgan fingerprint density at radius 3 is 2.85 bits per heavy atom. The second-order valence-electron chi connectivity index (χ2n) is 2.47. The Bertz CT molecular complexity index is 297. The topological polar surface area (TPSA) is 95.9 Å². The van der Waals surface area contributed by atoms with Gasteiger partial charge in [0.25, 0.3) is 0 Å². The number of esters is 1. The Kier molecular flexibility index (Phi) is 2.91. The number of methoxy groups -OCH3 is 1. The summed E-state index contributed by atoms with van der Waals surface area (Å²) in [7, 11) is 2.94. The molecule has 0 aromatic carbocycles. The molecule has 7 heteroatoms. The van der Waals surface area contributed by atoms with E-state index in [2.05, 4.69) is 20.3 Å². The molecule has 2 N–H and O–H groups in total. The third-order valence-electron chi connectivity index (χ3n) is 1.69. The number of tetrazole rings is 1. The van der Waals surface area contributed by atoms with Crippen LogP contribution in [0.15, 0.2) is 0 Å². The summed E-state index contributed by atoms with van der Waals surface area (Å²) in [5.41, 5.74) is 5.40. The van der Waals surface area contributed by atoms with E-state index in [1.807, 2.05) is 0 Å². The van der Waals surface area contributed by atoms with E-state index < -0.39 is 11.9 Å². The monoisotopic (exact) mass is 185 g/mol. The highest BCUT2D eigenvalue weighted by Crippen LogP contribution is 2.10. The molecule has 72 valence electrons. The van der Waals surface area contributed by atoms with Gasteiger partial charge < -0.3 is 10.5 Å². The molecular weight excluding hydrogens is 174 g/mol. The number of hydrogen-bond acceptors (Lipinski definition) is 6. The van der Waals surface area contributed by atoms with E-state index >= 15 is 0 Å². The molecule has 0 aliphatic carbocycles. The molecule has 0 bridgehead atoms. The van der Waals surface area contributed by atoms with Crippen LogP contribution in [0.2, 0.25) is 0 Å². The summed E-state index contributed by atoms with van der Waals surface area (Å²) >= 11 is 0. The van der Waals surface area contributed by atoms with Crippen LogP contribution in [0.3, 0.4) is 0 Å². The molecule has 1 heterocycles. The highest BCUT2D eigenvalue weighted by Gasteiger charge is 2.24. The largest absolute Gasteiger partial charge is 0.468 e. The first-order chi connectivity index (χ1) is 6.20. The lowest BCUT2D eigenvalue weighted by molar-refractivity contribution is -0.142. The average Bonchev–Trinajstić information content (AvgIpc) is 2.53. The zero-order valence-electron chi connectivity index (χ0n) is 7.47. The highest BCUT2D eigenvalue weighted by atomic mass is 16.5. The van der Waals surface area contributed by atoms with Crippen molar-refractivity contribution in [2.24, 2.45) is 12.8 Å². The smallest absolute Gasteiger partial charge is 0.317 e. The highest BCUT2D eigenvalue weighted by molar-refractivity contribution is 5.77. The fourth-order valence-corrected chi connectivity index (χ4v) is 0.981. The van der Waals surface area contributed by atoms with Gasteiger partial charge in [0.2, 0.25) is 0 Å². The average molecular weight is 185 g/mol. The Hall–Kier alpha value is -1.50. The standard InChI is InChI=1S/C6H11N5O2/c1-11-5(8-9-10-11)4(3-7)6(12)13-2/h4H,3,7H2,1-2H3. The zero-order chi connectivity index (χ0) is 9.84. The molecule has 7 nitrogen and oxygen atoms in total. The SMILES string of the molecule is COC(=O)C(CN)c1nnnn1C. The molecular formula is C6H11N5O2. The summed E-state index contributed by atoms with van der Waals surface area (Å²) < 4.78 is 5.95. The number of aryl methyl sites for hydroxylation is 1. The first-order valence-electron chi connectivity index (χ1n) is 3.70. The van der Waals surface area contributed by atoms with E-state index in [4.69, 9.17) is 5.73 Å². The van der Waals surface area contributed by atoms with Gasteiger partial charge in [0, 0.05) is 13.6 Å². The molecule has 0 spiro atoms. The maximum Gasteiger partial charge on any atom is 0.317 e. The van der Waals surface area contributed by atoms with Crippen LogP contribution in [-0.2, 0) is 16.6 Å². The Morgan fingerprint density at radius 1 is 1.77 bits per heavy atom. The summed E-state index contributed by atoms with van der Waals surface area (Å²) in [6.45, 7) is 0.126. The summed E-state index contributed by atoms with van der Waals surface area (Å²) in [4.78, 5) is 11.2. The number of carbonyl (C=O) groups is 1. The van der Waals surface area contributed by atoms with Crippen LogP contribution < -0.4 is 5.73 Å². The number of carbonyl (C=O) groups excluding carboxylic acids is 1. The molecule has 0 aliphatic heterocycles. The first kappa shape index (κ1) is 9.59. The molecule has 0 amide bonds. The summed E-state index contributed by atoms with van der Waals surface area (Å²) in [6.07, 6.45) is 0. The second kappa shape index (κ2) is 3.94.